The van der Waals surface area contributed by atoms with Crippen molar-refractivity contribution in [2.75, 3.05) is 13.2 Å². The van der Waals surface area contributed by atoms with Crippen molar-refractivity contribution >= 4 is 22.4 Å². The normalized spacial score (nSPS) is 11.9. The van der Waals surface area contributed by atoms with Gasteiger partial charge in [0.05, 0.1) is 17.7 Å². The fraction of sp³-hybridized carbons (Fsp3) is 0.333. The molecule has 7 nitrogen and oxygen atoms in total. The van der Waals surface area contributed by atoms with E-state index < -0.39 is 5.56 Å². The second-order valence-electron chi connectivity index (χ2n) is 5.60. The lowest BCUT2D eigenvalue weighted by Crippen LogP contribution is -2.27. The van der Waals surface area contributed by atoms with E-state index in [-0.39, 0.29) is 16.2 Å². The maximum absolute atomic E-state index is 12.5. The van der Waals surface area contributed by atoms with E-state index in [1.54, 1.807) is 6.08 Å². The number of rotatable bonds is 6. The maximum atomic E-state index is 12.5. The van der Waals surface area contributed by atoms with Crippen molar-refractivity contribution < 1.29 is 9.47 Å². The average Bonchev–Trinajstić information content (AvgIpc) is 2.90. The Labute approximate surface area is 153 Å². The summed E-state index contributed by atoms with van der Waals surface area (Å²) in [4.78, 5) is 28.3. The fourth-order valence-electron chi connectivity index (χ4n) is 2.35. The molecule has 0 aliphatic heterocycles. The zero-order valence-corrected chi connectivity index (χ0v) is 15.6. The molecular formula is C18H19N3O4S. The van der Waals surface area contributed by atoms with Gasteiger partial charge in [-0.2, -0.15) is 14.6 Å². The van der Waals surface area contributed by atoms with Crippen molar-refractivity contribution in [1.82, 2.24) is 14.6 Å². The van der Waals surface area contributed by atoms with Crippen LogP contribution in [0.5, 0.6) is 11.5 Å². The molecule has 3 aromatic rings. The smallest absolute Gasteiger partial charge is 0.295 e. The number of aromatic nitrogens is 3. The molecule has 0 atom stereocenters. The minimum atomic E-state index is -0.422. The molecule has 0 saturated carbocycles. The molecule has 0 spiro atoms. The zero-order valence-electron chi connectivity index (χ0n) is 14.8. The number of aryl methyl sites for hydroxylation is 1. The molecule has 0 N–H and O–H groups in total. The molecule has 0 bridgehead atoms. The molecule has 0 unspecified atom stereocenters. The van der Waals surface area contributed by atoms with E-state index in [2.05, 4.69) is 10.1 Å². The van der Waals surface area contributed by atoms with Crippen molar-refractivity contribution in [2.45, 2.75) is 27.2 Å². The van der Waals surface area contributed by atoms with Gasteiger partial charge in [0.25, 0.3) is 11.1 Å². The molecule has 0 aliphatic carbocycles. The van der Waals surface area contributed by atoms with Crippen molar-refractivity contribution in [1.29, 1.82) is 0 Å². The minimum Gasteiger partial charge on any atom is -0.490 e. The van der Waals surface area contributed by atoms with E-state index in [1.165, 1.54) is 6.92 Å². The lowest BCUT2D eigenvalue weighted by atomic mass is 10.2. The zero-order chi connectivity index (χ0) is 18.7. The quantitative estimate of drug-likeness (QED) is 0.652. The molecule has 0 saturated heterocycles. The molecule has 8 heteroatoms. The topological polar surface area (TPSA) is 82.8 Å². The van der Waals surface area contributed by atoms with Crippen LogP contribution in [0.4, 0.5) is 0 Å². The second kappa shape index (κ2) is 7.65. The summed E-state index contributed by atoms with van der Waals surface area (Å²) in [6.45, 7) is 6.59. The first-order valence-corrected chi connectivity index (χ1v) is 9.17. The summed E-state index contributed by atoms with van der Waals surface area (Å²) >= 11 is 1.13. The van der Waals surface area contributed by atoms with Gasteiger partial charge in [0.15, 0.2) is 11.5 Å². The predicted molar refractivity (Wildman–Crippen MR) is 100 cm³/mol. The first-order valence-electron chi connectivity index (χ1n) is 8.35. The Morgan fingerprint density at radius 1 is 1.19 bits per heavy atom. The SMILES string of the molecule is CCCOc1ccc(/C=c2/sc3nc(=O)c(C)nn3c2=O)cc1OCC. The van der Waals surface area contributed by atoms with E-state index in [1.807, 2.05) is 32.0 Å². The number of thiazole rings is 1. The van der Waals surface area contributed by atoms with Crippen LogP contribution in [0.25, 0.3) is 11.0 Å². The highest BCUT2D eigenvalue weighted by Gasteiger charge is 2.09. The van der Waals surface area contributed by atoms with Gasteiger partial charge in [-0.25, -0.2) is 0 Å². The number of ether oxygens (including phenoxy) is 2. The van der Waals surface area contributed by atoms with Crippen LogP contribution in [0.15, 0.2) is 27.8 Å². The Morgan fingerprint density at radius 3 is 2.73 bits per heavy atom. The Morgan fingerprint density at radius 2 is 2.00 bits per heavy atom. The first kappa shape index (κ1) is 18.1. The molecule has 0 aliphatic rings. The van der Waals surface area contributed by atoms with Gasteiger partial charge in [-0.3, -0.25) is 9.59 Å². The van der Waals surface area contributed by atoms with Crippen molar-refractivity contribution in [3.8, 4) is 11.5 Å². The van der Waals surface area contributed by atoms with Crippen LogP contribution in [0, 0.1) is 6.92 Å². The van der Waals surface area contributed by atoms with E-state index in [4.69, 9.17) is 9.47 Å². The monoisotopic (exact) mass is 373 g/mol. The van der Waals surface area contributed by atoms with Gasteiger partial charge in [-0.05, 0) is 44.0 Å². The van der Waals surface area contributed by atoms with Gasteiger partial charge in [-0.15, -0.1) is 0 Å². The molecule has 136 valence electrons. The van der Waals surface area contributed by atoms with Crippen LogP contribution in [0.1, 0.15) is 31.5 Å². The van der Waals surface area contributed by atoms with Crippen LogP contribution in [-0.2, 0) is 0 Å². The third-order valence-electron chi connectivity index (χ3n) is 3.57. The van der Waals surface area contributed by atoms with Gasteiger partial charge in [-0.1, -0.05) is 24.3 Å². The van der Waals surface area contributed by atoms with E-state index in [0.29, 0.717) is 29.2 Å². The molecule has 2 heterocycles. The number of benzene rings is 1. The standard InChI is InChI=1S/C18H19N3O4S/c1-4-8-25-13-7-6-12(9-14(13)24-5-2)10-15-17(23)21-18(26-15)19-16(22)11(3)20-21/h6-7,9-10H,4-5,8H2,1-3H3/b15-10+. The van der Waals surface area contributed by atoms with Crippen LogP contribution in [0.2, 0.25) is 0 Å². The average molecular weight is 373 g/mol. The molecule has 0 radical (unpaired) electrons. The summed E-state index contributed by atoms with van der Waals surface area (Å²) in [6, 6.07) is 5.51. The highest BCUT2D eigenvalue weighted by Crippen LogP contribution is 2.29. The largest absolute Gasteiger partial charge is 0.490 e. The van der Waals surface area contributed by atoms with E-state index >= 15 is 0 Å². The number of fused-ring (bicyclic) bond motifs is 1. The van der Waals surface area contributed by atoms with Crippen LogP contribution < -0.4 is 25.1 Å². The number of hydrogen-bond acceptors (Lipinski definition) is 7. The van der Waals surface area contributed by atoms with Gasteiger partial charge in [0, 0.05) is 0 Å². The van der Waals surface area contributed by atoms with Gasteiger partial charge in [0.2, 0.25) is 4.96 Å². The maximum Gasteiger partial charge on any atom is 0.295 e. The highest BCUT2D eigenvalue weighted by atomic mass is 32.1. The third kappa shape index (κ3) is 3.60. The van der Waals surface area contributed by atoms with Gasteiger partial charge < -0.3 is 9.47 Å². The lowest BCUT2D eigenvalue weighted by molar-refractivity contribution is 0.277. The van der Waals surface area contributed by atoms with Crippen LogP contribution >= 0.6 is 11.3 Å². The molecule has 1 aromatic carbocycles. The Bertz CT molecular complexity index is 1100. The van der Waals surface area contributed by atoms with Crippen molar-refractivity contribution in [3.63, 3.8) is 0 Å². The lowest BCUT2D eigenvalue weighted by Gasteiger charge is -2.11. The second-order valence-corrected chi connectivity index (χ2v) is 6.61. The first-order chi connectivity index (χ1) is 12.5. The third-order valence-corrected chi connectivity index (χ3v) is 4.53. The number of nitrogens with zero attached hydrogens (tertiary/aromatic N) is 3. The van der Waals surface area contributed by atoms with Crippen molar-refractivity contribution in [2.24, 2.45) is 0 Å². The minimum absolute atomic E-state index is 0.194. The Hall–Kier alpha value is -2.74. The molecule has 3 rings (SSSR count). The molecular weight excluding hydrogens is 354 g/mol. The summed E-state index contributed by atoms with van der Waals surface area (Å²) in [5.74, 6) is 1.30. The summed E-state index contributed by atoms with van der Waals surface area (Å²) in [7, 11) is 0. The number of hydrogen-bond donors (Lipinski definition) is 0. The predicted octanol–water partition coefficient (Wildman–Crippen LogP) is 1.55. The summed E-state index contributed by atoms with van der Waals surface area (Å²) in [5, 5.41) is 4.01. The molecule has 0 amide bonds. The molecule has 26 heavy (non-hydrogen) atoms. The Balaban J connectivity index is 2.08. The van der Waals surface area contributed by atoms with Crippen LogP contribution in [0.3, 0.4) is 0 Å². The summed E-state index contributed by atoms with van der Waals surface area (Å²) in [6.07, 6.45) is 2.63. The molecule has 2 aromatic heterocycles. The molecule has 0 fully saturated rings. The van der Waals surface area contributed by atoms with E-state index in [9.17, 15) is 9.59 Å². The van der Waals surface area contributed by atoms with E-state index in [0.717, 1.165) is 27.8 Å². The summed E-state index contributed by atoms with van der Waals surface area (Å²) in [5.41, 5.74) is 0.263. The highest BCUT2D eigenvalue weighted by molar-refractivity contribution is 7.15. The summed E-state index contributed by atoms with van der Waals surface area (Å²) < 4.78 is 12.9. The van der Waals surface area contributed by atoms with Crippen LogP contribution in [-0.4, -0.2) is 27.8 Å². The van der Waals surface area contributed by atoms with Gasteiger partial charge in [0.1, 0.15) is 5.69 Å². The fourth-order valence-corrected chi connectivity index (χ4v) is 3.26. The van der Waals surface area contributed by atoms with Crippen molar-refractivity contribution in [3.05, 3.63) is 54.7 Å². The Kier molecular flexibility index (Phi) is 5.32. The van der Waals surface area contributed by atoms with Gasteiger partial charge >= 0.3 is 0 Å².